The SMILES string of the molecule is CC(C)[C@H]1COC(=O)N1/C(O)=C/C=C1SCCCS1. The average molecular weight is 301 g/mol. The fourth-order valence-corrected chi connectivity index (χ4v) is 4.28. The molecule has 2 fully saturated rings. The van der Waals surface area contributed by atoms with Crippen molar-refractivity contribution in [3.63, 3.8) is 0 Å². The van der Waals surface area contributed by atoms with Gasteiger partial charge in [0.2, 0.25) is 0 Å². The predicted octanol–water partition coefficient (Wildman–Crippen LogP) is 3.57. The van der Waals surface area contributed by atoms with Gasteiger partial charge >= 0.3 is 6.09 Å². The molecule has 2 aliphatic rings. The molecule has 0 aromatic heterocycles. The quantitative estimate of drug-likeness (QED) is 0.808. The molecule has 2 saturated heterocycles. The summed E-state index contributed by atoms with van der Waals surface area (Å²) in [5.74, 6) is 2.45. The molecule has 2 rings (SSSR count). The first kappa shape index (κ1) is 14.7. The molecular formula is C13H19NO3S2. The van der Waals surface area contributed by atoms with E-state index in [0.29, 0.717) is 6.61 Å². The van der Waals surface area contributed by atoms with Gasteiger partial charge in [0.25, 0.3) is 0 Å². The number of carbonyl (C=O) groups is 1. The van der Waals surface area contributed by atoms with E-state index in [1.807, 2.05) is 19.9 Å². The number of hydrogen-bond donors (Lipinski definition) is 1. The Morgan fingerprint density at radius 1 is 1.47 bits per heavy atom. The molecule has 0 unspecified atom stereocenters. The van der Waals surface area contributed by atoms with Crippen molar-refractivity contribution in [3.8, 4) is 0 Å². The maximum absolute atomic E-state index is 11.7. The maximum Gasteiger partial charge on any atom is 0.417 e. The summed E-state index contributed by atoms with van der Waals surface area (Å²) in [6.07, 6.45) is 4.24. The number of carbonyl (C=O) groups excluding carboxylic acids is 1. The largest absolute Gasteiger partial charge is 0.494 e. The monoisotopic (exact) mass is 301 g/mol. The van der Waals surface area contributed by atoms with E-state index < -0.39 is 6.09 Å². The van der Waals surface area contributed by atoms with Gasteiger partial charge in [-0.1, -0.05) is 13.8 Å². The lowest BCUT2D eigenvalue weighted by molar-refractivity contribution is 0.146. The van der Waals surface area contributed by atoms with Crippen LogP contribution in [0.4, 0.5) is 4.79 Å². The summed E-state index contributed by atoms with van der Waals surface area (Å²) in [5, 5.41) is 10.1. The van der Waals surface area contributed by atoms with E-state index in [-0.39, 0.29) is 17.8 Å². The highest BCUT2D eigenvalue weighted by Gasteiger charge is 2.37. The molecule has 6 heteroatoms. The van der Waals surface area contributed by atoms with Gasteiger partial charge in [0.05, 0.1) is 6.04 Å². The van der Waals surface area contributed by atoms with Crippen molar-refractivity contribution in [1.29, 1.82) is 0 Å². The topological polar surface area (TPSA) is 49.8 Å². The minimum absolute atomic E-state index is 0.0273. The molecule has 0 aliphatic carbocycles. The second-order valence-electron chi connectivity index (χ2n) is 4.82. The van der Waals surface area contributed by atoms with Crippen LogP contribution in [0, 0.1) is 5.92 Å². The van der Waals surface area contributed by atoms with Crippen molar-refractivity contribution >= 4 is 29.6 Å². The molecule has 0 aromatic rings. The highest BCUT2D eigenvalue weighted by Crippen LogP contribution is 2.34. The predicted molar refractivity (Wildman–Crippen MR) is 80.1 cm³/mol. The zero-order valence-corrected chi connectivity index (χ0v) is 12.8. The van der Waals surface area contributed by atoms with Crippen LogP contribution in [0.3, 0.4) is 0 Å². The van der Waals surface area contributed by atoms with Gasteiger partial charge < -0.3 is 9.84 Å². The molecule has 0 saturated carbocycles. The van der Waals surface area contributed by atoms with Crippen LogP contribution in [0.15, 0.2) is 22.3 Å². The zero-order chi connectivity index (χ0) is 13.8. The first-order chi connectivity index (χ1) is 9.09. The molecule has 0 bridgehead atoms. The van der Waals surface area contributed by atoms with Gasteiger partial charge in [-0.3, -0.25) is 0 Å². The number of ether oxygens (including phenoxy) is 1. The molecule has 1 atom stereocenters. The number of aliphatic hydroxyl groups excluding tert-OH is 1. The lowest BCUT2D eigenvalue weighted by Crippen LogP contribution is -2.36. The number of cyclic esters (lactones) is 1. The lowest BCUT2D eigenvalue weighted by Gasteiger charge is -2.22. The van der Waals surface area contributed by atoms with E-state index in [4.69, 9.17) is 4.74 Å². The number of amides is 1. The lowest BCUT2D eigenvalue weighted by atomic mass is 10.1. The average Bonchev–Trinajstić information content (AvgIpc) is 2.79. The highest BCUT2D eigenvalue weighted by atomic mass is 32.2. The second kappa shape index (κ2) is 6.61. The Labute approximate surface area is 122 Å². The Balaban J connectivity index is 2.08. The fourth-order valence-electron chi connectivity index (χ4n) is 1.96. The molecule has 106 valence electrons. The van der Waals surface area contributed by atoms with Crippen molar-refractivity contribution < 1.29 is 14.6 Å². The van der Waals surface area contributed by atoms with Gasteiger partial charge in [-0.2, -0.15) is 0 Å². The van der Waals surface area contributed by atoms with Gasteiger partial charge in [0, 0.05) is 10.3 Å². The van der Waals surface area contributed by atoms with Crippen LogP contribution in [0.1, 0.15) is 20.3 Å². The number of thioether (sulfide) groups is 2. The standard InChI is InChI=1S/C13H19NO3S2/c1-9(2)10-8-17-13(16)14(10)11(15)4-5-12-18-6-3-7-19-12/h4-5,9-10,15H,3,6-8H2,1-2H3/b11-4-/t10-/m1/s1. The summed E-state index contributed by atoms with van der Waals surface area (Å²) < 4.78 is 6.19. The van der Waals surface area contributed by atoms with Crippen LogP contribution >= 0.6 is 23.5 Å². The molecule has 4 nitrogen and oxygen atoms in total. The number of hydrogen-bond acceptors (Lipinski definition) is 5. The normalized spacial score (nSPS) is 24.9. The summed E-state index contributed by atoms with van der Waals surface area (Å²) in [6, 6.07) is -0.0891. The van der Waals surface area contributed by atoms with E-state index in [1.54, 1.807) is 29.6 Å². The molecule has 19 heavy (non-hydrogen) atoms. The van der Waals surface area contributed by atoms with E-state index >= 15 is 0 Å². The van der Waals surface area contributed by atoms with Crippen LogP contribution in [0.5, 0.6) is 0 Å². The minimum atomic E-state index is -0.463. The maximum atomic E-state index is 11.7. The van der Waals surface area contributed by atoms with Gasteiger partial charge in [-0.05, 0) is 29.9 Å². The summed E-state index contributed by atoms with van der Waals surface area (Å²) >= 11 is 3.58. The fraction of sp³-hybridized carbons (Fsp3) is 0.615. The first-order valence-corrected chi connectivity index (χ1v) is 8.39. The van der Waals surface area contributed by atoms with Gasteiger partial charge in [-0.25, -0.2) is 9.69 Å². The summed E-state index contributed by atoms with van der Waals surface area (Å²) in [5.41, 5.74) is 0. The molecule has 1 amide bonds. The second-order valence-corrected chi connectivity index (χ2v) is 7.35. The van der Waals surface area contributed by atoms with Gasteiger partial charge in [-0.15, -0.1) is 23.5 Å². The van der Waals surface area contributed by atoms with Crippen LogP contribution < -0.4 is 0 Å². The van der Waals surface area contributed by atoms with Crippen LogP contribution in [0.25, 0.3) is 0 Å². The van der Waals surface area contributed by atoms with Crippen LogP contribution in [-0.2, 0) is 4.74 Å². The van der Waals surface area contributed by atoms with Crippen molar-refractivity contribution in [1.82, 2.24) is 4.90 Å². The Hall–Kier alpha value is -0.750. The highest BCUT2D eigenvalue weighted by molar-refractivity contribution is 8.22. The van der Waals surface area contributed by atoms with E-state index in [9.17, 15) is 9.90 Å². The van der Waals surface area contributed by atoms with Gasteiger partial charge in [0.1, 0.15) is 6.61 Å². The van der Waals surface area contributed by atoms with Crippen molar-refractivity contribution in [2.24, 2.45) is 5.92 Å². The summed E-state index contributed by atoms with van der Waals surface area (Å²) in [6.45, 7) is 4.37. The van der Waals surface area contributed by atoms with E-state index in [1.165, 1.54) is 15.6 Å². The third kappa shape index (κ3) is 3.63. The molecule has 0 aromatic carbocycles. The number of aliphatic hydroxyl groups is 1. The Kier molecular flexibility index (Phi) is 5.10. The Bertz CT molecular complexity index is 399. The van der Waals surface area contributed by atoms with Crippen molar-refractivity contribution in [3.05, 3.63) is 22.3 Å². The smallest absolute Gasteiger partial charge is 0.417 e. The minimum Gasteiger partial charge on any atom is -0.494 e. The zero-order valence-electron chi connectivity index (χ0n) is 11.2. The molecule has 2 heterocycles. The Morgan fingerprint density at radius 2 is 2.16 bits per heavy atom. The summed E-state index contributed by atoms with van der Waals surface area (Å²) in [7, 11) is 0. The first-order valence-electron chi connectivity index (χ1n) is 6.42. The molecule has 0 spiro atoms. The molecule has 2 aliphatic heterocycles. The van der Waals surface area contributed by atoms with E-state index in [2.05, 4.69) is 0 Å². The number of rotatable bonds is 3. The third-order valence-corrected chi connectivity index (χ3v) is 5.60. The van der Waals surface area contributed by atoms with Gasteiger partial charge in [0.15, 0.2) is 5.88 Å². The van der Waals surface area contributed by atoms with Crippen molar-refractivity contribution in [2.45, 2.75) is 26.3 Å². The number of nitrogens with zero attached hydrogens (tertiary/aromatic N) is 1. The van der Waals surface area contributed by atoms with Crippen LogP contribution in [-0.4, -0.2) is 40.3 Å². The Morgan fingerprint density at radius 3 is 2.79 bits per heavy atom. The molecule has 0 radical (unpaired) electrons. The molecular weight excluding hydrogens is 282 g/mol. The number of allylic oxidation sites excluding steroid dienone is 2. The van der Waals surface area contributed by atoms with E-state index in [0.717, 1.165) is 11.5 Å². The van der Waals surface area contributed by atoms with Crippen LogP contribution in [0.2, 0.25) is 0 Å². The van der Waals surface area contributed by atoms with Crippen molar-refractivity contribution in [2.75, 3.05) is 18.1 Å². The summed E-state index contributed by atoms with van der Waals surface area (Å²) in [4.78, 5) is 13.0. The third-order valence-electron chi connectivity index (χ3n) is 3.07. The molecule has 1 N–H and O–H groups in total.